The van der Waals surface area contributed by atoms with Gasteiger partial charge in [-0.25, -0.2) is 0 Å². The first kappa shape index (κ1) is 17.5. The quantitative estimate of drug-likeness (QED) is 0.843. The van der Waals surface area contributed by atoms with Gasteiger partial charge in [-0.15, -0.1) is 0 Å². The molecule has 1 saturated heterocycles. The van der Waals surface area contributed by atoms with E-state index in [-0.39, 0.29) is 18.2 Å². The van der Waals surface area contributed by atoms with E-state index in [0.29, 0.717) is 22.4 Å². The first-order valence-corrected chi connectivity index (χ1v) is 8.97. The lowest BCUT2D eigenvalue weighted by Gasteiger charge is -2.07. The summed E-state index contributed by atoms with van der Waals surface area (Å²) in [6.07, 6.45) is 0.0768. The SMILES string of the molecule is O=C(CC1SC(=NCc2ccccc2)NC1=O)Nc1cccc(Cl)c1. The average molecular weight is 374 g/mol. The molecule has 1 aliphatic rings. The van der Waals surface area contributed by atoms with E-state index < -0.39 is 5.25 Å². The molecule has 2 aromatic rings. The van der Waals surface area contributed by atoms with Crippen molar-refractivity contribution >= 4 is 46.0 Å². The minimum atomic E-state index is -0.478. The summed E-state index contributed by atoms with van der Waals surface area (Å²) < 4.78 is 0. The predicted molar refractivity (Wildman–Crippen MR) is 102 cm³/mol. The Morgan fingerprint density at radius 3 is 2.76 bits per heavy atom. The Balaban J connectivity index is 1.54. The van der Waals surface area contributed by atoms with Gasteiger partial charge in [0.2, 0.25) is 11.8 Å². The molecule has 1 heterocycles. The van der Waals surface area contributed by atoms with Crippen LogP contribution in [0.5, 0.6) is 0 Å². The number of halogens is 1. The van der Waals surface area contributed by atoms with E-state index in [9.17, 15) is 9.59 Å². The van der Waals surface area contributed by atoms with Gasteiger partial charge in [0.05, 0.1) is 6.54 Å². The zero-order chi connectivity index (χ0) is 17.6. The maximum absolute atomic E-state index is 12.1. The van der Waals surface area contributed by atoms with Gasteiger partial charge in [0.15, 0.2) is 5.17 Å². The third kappa shape index (κ3) is 5.08. The number of benzene rings is 2. The largest absolute Gasteiger partial charge is 0.326 e. The third-order valence-corrected chi connectivity index (χ3v) is 4.86. The summed E-state index contributed by atoms with van der Waals surface area (Å²) in [7, 11) is 0. The van der Waals surface area contributed by atoms with Crippen LogP contribution in [0, 0.1) is 0 Å². The number of nitrogens with zero attached hydrogens (tertiary/aromatic N) is 1. The molecule has 1 unspecified atom stereocenters. The van der Waals surface area contributed by atoms with Gasteiger partial charge in [0.25, 0.3) is 0 Å². The summed E-state index contributed by atoms with van der Waals surface area (Å²) in [5, 5.41) is 6.09. The lowest BCUT2D eigenvalue weighted by molar-refractivity contribution is -0.122. The van der Waals surface area contributed by atoms with E-state index in [4.69, 9.17) is 11.6 Å². The van der Waals surface area contributed by atoms with Gasteiger partial charge in [-0.1, -0.05) is 59.8 Å². The second-order valence-corrected chi connectivity index (χ2v) is 7.09. The van der Waals surface area contributed by atoms with Crippen LogP contribution in [0.3, 0.4) is 0 Å². The van der Waals surface area contributed by atoms with Crippen LogP contribution in [0.2, 0.25) is 5.02 Å². The van der Waals surface area contributed by atoms with Crippen molar-refractivity contribution in [3.63, 3.8) is 0 Å². The summed E-state index contributed by atoms with van der Waals surface area (Å²) in [5.74, 6) is -0.433. The Morgan fingerprint density at radius 1 is 1.20 bits per heavy atom. The highest BCUT2D eigenvalue weighted by Gasteiger charge is 2.31. The molecular formula is C18H16ClN3O2S. The van der Waals surface area contributed by atoms with Gasteiger partial charge >= 0.3 is 0 Å². The molecule has 25 heavy (non-hydrogen) atoms. The fourth-order valence-corrected chi connectivity index (χ4v) is 3.47. The number of amidine groups is 1. The molecule has 0 spiro atoms. The summed E-state index contributed by atoms with van der Waals surface area (Å²) in [6.45, 7) is 0.491. The molecular weight excluding hydrogens is 358 g/mol. The summed E-state index contributed by atoms with van der Waals surface area (Å²) >= 11 is 7.17. The van der Waals surface area contributed by atoms with Crippen LogP contribution < -0.4 is 10.6 Å². The van der Waals surface area contributed by atoms with Gasteiger partial charge in [0, 0.05) is 17.1 Å². The minimum Gasteiger partial charge on any atom is -0.326 e. The Morgan fingerprint density at radius 2 is 2.00 bits per heavy atom. The lowest BCUT2D eigenvalue weighted by atomic mass is 10.2. The Bertz CT molecular complexity index is 811. The number of carbonyl (C=O) groups excluding carboxylic acids is 2. The van der Waals surface area contributed by atoms with Gasteiger partial charge in [-0.2, -0.15) is 0 Å². The molecule has 1 atom stereocenters. The van der Waals surface area contributed by atoms with Crippen molar-refractivity contribution in [1.29, 1.82) is 0 Å². The molecule has 5 nitrogen and oxygen atoms in total. The van der Waals surface area contributed by atoms with Crippen molar-refractivity contribution in [3.05, 3.63) is 65.2 Å². The van der Waals surface area contributed by atoms with Crippen LogP contribution in [0.1, 0.15) is 12.0 Å². The molecule has 2 amide bonds. The van der Waals surface area contributed by atoms with Crippen LogP contribution in [0.15, 0.2) is 59.6 Å². The van der Waals surface area contributed by atoms with E-state index in [0.717, 1.165) is 5.56 Å². The lowest BCUT2D eigenvalue weighted by Crippen LogP contribution is -2.28. The van der Waals surface area contributed by atoms with Crippen molar-refractivity contribution in [3.8, 4) is 0 Å². The third-order valence-electron chi connectivity index (χ3n) is 3.50. The fourth-order valence-electron chi connectivity index (χ4n) is 2.31. The van der Waals surface area contributed by atoms with E-state index in [2.05, 4.69) is 15.6 Å². The molecule has 0 aliphatic carbocycles. The number of amides is 2. The molecule has 1 fully saturated rings. The van der Waals surface area contributed by atoms with Gasteiger partial charge in [-0.05, 0) is 23.8 Å². The van der Waals surface area contributed by atoms with Crippen LogP contribution in [-0.4, -0.2) is 22.2 Å². The number of aliphatic imine (C=N–C) groups is 1. The molecule has 3 rings (SSSR count). The number of nitrogens with one attached hydrogen (secondary N) is 2. The number of thioether (sulfide) groups is 1. The molecule has 1 aliphatic heterocycles. The summed E-state index contributed by atoms with van der Waals surface area (Å²) in [4.78, 5) is 28.5. The zero-order valence-electron chi connectivity index (χ0n) is 13.2. The fraction of sp³-hybridized carbons (Fsp3) is 0.167. The van der Waals surface area contributed by atoms with Crippen molar-refractivity contribution < 1.29 is 9.59 Å². The summed E-state index contributed by atoms with van der Waals surface area (Å²) in [5.41, 5.74) is 1.67. The Labute approximate surface area is 154 Å². The number of carbonyl (C=O) groups is 2. The van der Waals surface area contributed by atoms with Gasteiger partial charge in [0.1, 0.15) is 5.25 Å². The number of hydrogen-bond donors (Lipinski definition) is 2. The number of rotatable bonds is 5. The van der Waals surface area contributed by atoms with Gasteiger partial charge < -0.3 is 10.6 Å². The van der Waals surface area contributed by atoms with Gasteiger partial charge in [-0.3, -0.25) is 14.6 Å². The smallest absolute Gasteiger partial charge is 0.240 e. The first-order valence-electron chi connectivity index (χ1n) is 7.71. The highest BCUT2D eigenvalue weighted by Crippen LogP contribution is 2.24. The average Bonchev–Trinajstić information content (AvgIpc) is 2.93. The zero-order valence-corrected chi connectivity index (χ0v) is 14.8. The number of hydrogen-bond acceptors (Lipinski definition) is 4. The predicted octanol–water partition coefficient (Wildman–Crippen LogP) is 3.46. The van der Waals surface area contributed by atoms with E-state index in [1.165, 1.54) is 11.8 Å². The normalized spacial score (nSPS) is 18.2. The maximum Gasteiger partial charge on any atom is 0.240 e. The molecule has 2 N–H and O–H groups in total. The van der Waals surface area contributed by atoms with Crippen LogP contribution in [0.4, 0.5) is 5.69 Å². The van der Waals surface area contributed by atoms with Crippen molar-refractivity contribution in [1.82, 2.24) is 5.32 Å². The monoisotopic (exact) mass is 373 g/mol. The second kappa shape index (κ2) is 8.18. The van der Waals surface area contributed by atoms with E-state index in [1.807, 2.05) is 30.3 Å². The standard InChI is InChI=1S/C18H16ClN3O2S/c19-13-7-4-8-14(9-13)21-16(23)10-15-17(24)22-18(25-15)20-11-12-5-2-1-3-6-12/h1-9,15H,10-11H2,(H,21,23)(H,20,22,24). The second-order valence-electron chi connectivity index (χ2n) is 5.47. The first-order chi connectivity index (χ1) is 12.1. The number of anilines is 1. The maximum atomic E-state index is 12.1. The van der Waals surface area contributed by atoms with Crippen molar-refractivity contribution in [2.75, 3.05) is 5.32 Å². The highest BCUT2D eigenvalue weighted by molar-refractivity contribution is 8.15. The topological polar surface area (TPSA) is 70.6 Å². The molecule has 2 aromatic carbocycles. The molecule has 0 saturated carbocycles. The molecule has 0 bridgehead atoms. The minimum absolute atomic E-state index is 0.0768. The van der Waals surface area contributed by atoms with Crippen molar-refractivity contribution in [2.24, 2.45) is 4.99 Å². The van der Waals surface area contributed by atoms with Crippen molar-refractivity contribution in [2.45, 2.75) is 18.2 Å². The molecule has 128 valence electrons. The van der Waals surface area contributed by atoms with Crippen LogP contribution in [-0.2, 0) is 16.1 Å². The van der Waals surface area contributed by atoms with E-state index in [1.54, 1.807) is 24.3 Å². The Hall–Kier alpha value is -2.31. The van der Waals surface area contributed by atoms with Crippen LogP contribution in [0.25, 0.3) is 0 Å². The highest BCUT2D eigenvalue weighted by atomic mass is 35.5. The summed E-state index contributed by atoms with van der Waals surface area (Å²) in [6, 6.07) is 16.7. The van der Waals surface area contributed by atoms with E-state index >= 15 is 0 Å². The molecule has 0 aromatic heterocycles. The molecule has 7 heteroatoms. The molecule has 0 radical (unpaired) electrons. The van der Waals surface area contributed by atoms with Crippen LogP contribution >= 0.6 is 23.4 Å². The Kier molecular flexibility index (Phi) is 5.73.